The number of thioether (sulfide) groups is 1. The molecule has 0 spiro atoms. The predicted molar refractivity (Wildman–Crippen MR) is 283 cm³/mol. The average molecular weight is 1080 g/mol. The number of hydrogen-bond acceptors (Lipinski definition) is 12. The fourth-order valence-electron chi connectivity index (χ4n) is 8.13. The molecule has 0 atom stereocenters. The van der Waals surface area contributed by atoms with Crippen LogP contribution in [0.5, 0.6) is 5.75 Å². The van der Waals surface area contributed by atoms with Gasteiger partial charge < -0.3 is 23.6 Å². The number of rotatable bonds is 17. The van der Waals surface area contributed by atoms with Crippen molar-refractivity contribution in [2.75, 3.05) is 34.4 Å². The van der Waals surface area contributed by atoms with Crippen LogP contribution in [0.4, 0.5) is 11.4 Å². The Bertz CT molecular complexity index is 3290. The second-order valence-electron chi connectivity index (χ2n) is 16.5. The van der Waals surface area contributed by atoms with Crippen molar-refractivity contribution >= 4 is 133 Å². The SMILES string of the molecule is CCCCN1C(=Cc2sc3ccc(Cl)cc3[n+]2CCCS(=O)(=O)[O-])Sc2ccc(Cl)cc21.CCCC[n+]1c(C=C2Oc3ccc(-c4ccccc4)cc3N2CCCS(=O)(=O)[O-])sc2ccc(Cl)cc21. The molecule has 0 amide bonds. The van der Waals surface area contributed by atoms with E-state index in [1.807, 2.05) is 114 Å². The molecule has 9 rings (SSSR count). The number of hydrogen-bond donors (Lipinski definition) is 0. The summed E-state index contributed by atoms with van der Waals surface area (Å²) in [6, 6.07) is 33.6. The van der Waals surface area contributed by atoms with Gasteiger partial charge in [0.25, 0.3) is 10.0 Å². The first-order valence-electron chi connectivity index (χ1n) is 22.5. The van der Waals surface area contributed by atoms with Crippen LogP contribution in [0, 0.1) is 0 Å². The molecule has 2 aromatic heterocycles. The minimum atomic E-state index is -4.31. The van der Waals surface area contributed by atoms with Gasteiger partial charge in [0.15, 0.2) is 18.8 Å². The van der Waals surface area contributed by atoms with Gasteiger partial charge in [0, 0.05) is 69.5 Å². The second kappa shape index (κ2) is 22.5. The Morgan fingerprint density at radius 3 is 1.83 bits per heavy atom. The van der Waals surface area contributed by atoms with Gasteiger partial charge in [-0.2, -0.15) is 9.13 Å². The normalized spacial score (nSPS) is 14.7. The molecule has 5 aromatic carbocycles. The largest absolute Gasteiger partial charge is 0.748 e. The summed E-state index contributed by atoms with van der Waals surface area (Å²) in [5, 5.41) is 5.09. The first-order chi connectivity index (χ1) is 33.1. The van der Waals surface area contributed by atoms with Gasteiger partial charge in [0.1, 0.15) is 9.40 Å². The molecule has 7 aromatic rings. The van der Waals surface area contributed by atoms with E-state index >= 15 is 0 Å². The number of fused-ring (bicyclic) bond motifs is 4. The highest BCUT2D eigenvalue weighted by Crippen LogP contribution is 2.48. The van der Waals surface area contributed by atoms with Crippen LogP contribution < -0.4 is 23.7 Å². The molecule has 0 fully saturated rings. The van der Waals surface area contributed by atoms with Gasteiger partial charge in [0.05, 0.1) is 48.8 Å². The van der Waals surface area contributed by atoms with Crippen molar-refractivity contribution in [3.8, 4) is 16.9 Å². The fraction of sp³-hybridized carbons (Fsp3) is 0.280. The molecule has 4 heterocycles. The van der Waals surface area contributed by atoms with Crippen molar-refractivity contribution in [3.05, 3.63) is 139 Å². The maximum absolute atomic E-state index is 11.3. The lowest BCUT2D eigenvalue weighted by Crippen LogP contribution is -2.36. The van der Waals surface area contributed by atoms with Crippen molar-refractivity contribution in [1.82, 2.24) is 0 Å². The third-order valence-corrected chi connectivity index (χ3v) is 17.1. The van der Waals surface area contributed by atoms with Crippen molar-refractivity contribution < 1.29 is 39.8 Å². The maximum Gasteiger partial charge on any atom is 0.268 e. The number of aromatic nitrogens is 2. The Kier molecular flexibility index (Phi) is 16.7. The number of aryl methyl sites for hydroxylation is 2. The Balaban J connectivity index is 0.000000188. The molecule has 69 heavy (non-hydrogen) atoms. The number of anilines is 2. The first-order valence-corrected chi connectivity index (χ1v) is 29.3. The quantitative estimate of drug-likeness (QED) is 0.0640. The first kappa shape index (κ1) is 51.2. The molecule has 0 N–H and O–H groups in total. The molecular formula is C50H49Cl3N4O7S5. The molecule has 0 bridgehead atoms. The summed E-state index contributed by atoms with van der Waals surface area (Å²) < 4.78 is 80.1. The van der Waals surface area contributed by atoms with Crippen LogP contribution in [-0.2, 0) is 33.3 Å². The highest BCUT2D eigenvalue weighted by atomic mass is 35.5. The topological polar surface area (TPSA) is 138 Å². The van der Waals surface area contributed by atoms with Crippen LogP contribution in [0.25, 0.3) is 43.7 Å². The van der Waals surface area contributed by atoms with Crippen molar-refractivity contribution in [3.63, 3.8) is 0 Å². The van der Waals surface area contributed by atoms with Crippen molar-refractivity contribution in [2.24, 2.45) is 0 Å². The summed E-state index contributed by atoms with van der Waals surface area (Å²) in [6.07, 6.45) is 8.78. The summed E-state index contributed by atoms with van der Waals surface area (Å²) in [5.74, 6) is 0.476. The zero-order valence-corrected chi connectivity index (χ0v) is 44.1. The number of unbranched alkanes of at least 4 members (excludes halogenated alkanes) is 2. The zero-order valence-electron chi connectivity index (χ0n) is 37.8. The van der Waals surface area contributed by atoms with E-state index in [1.54, 1.807) is 34.4 Å². The number of halogens is 3. The van der Waals surface area contributed by atoms with E-state index in [0.717, 1.165) is 102 Å². The molecule has 0 radical (unpaired) electrons. The molecule has 0 saturated heterocycles. The van der Waals surface area contributed by atoms with Crippen molar-refractivity contribution in [2.45, 2.75) is 70.4 Å². The minimum Gasteiger partial charge on any atom is -0.748 e. The lowest BCUT2D eigenvalue weighted by Gasteiger charge is -2.20. The zero-order chi connectivity index (χ0) is 48.9. The summed E-state index contributed by atoms with van der Waals surface area (Å²) in [5.41, 5.74) is 6.06. The van der Waals surface area contributed by atoms with E-state index < -0.39 is 31.7 Å². The monoisotopic (exact) mass is 1080 g/mol. The summed E-state index contributed by atoms with van der Waals surface area (Å²) in [6.45, 7) is 6.80. The smallest absolute Gasteiger partial charge is 0.268 e. The maximum atomic E-state index is 11.3. The van der Waals surface area contributed by atoms with Crippen LogP contribution in [0.15, 0.2) is 119 Å². The summed E-state index contributed by atoms with van der Waals surface area (Å²) in [4.78, 5) is 5.41. The van der Waals surface area contributed by atoms with E-state index in [-0.39, 0.29) is 12.8 Å². The van der Waals surface area contributed by atoms with Gasteiger partial charge in [-0.05, 0) is 78.6 Å². The second-order valence-corrected chi connectivity index (χ2v) is 24.0. The standard InChI is InChI=1S/C28H27ClN2O4S2.C22H22Cl2N2O3S3/c1-2-3-14-31-24-18-22(29)11-13-26(24)36-28(31)19-27-30(15-7-16-37(32,33)34)23-17-21(10-12-25(23)35-27)20-8-5-4-6-9-20;1-2-3-9-25-17-12-15(23)5-7-19(17)30-21(25)14-22-26(10-4-11-32(27,28)29)18-13-16(24)6-8-20(18)31-22/h4-6,8-13,17-19H,2-3,7,14-16H2,1H3;5-8,12-14H,2-4,9-11H2,1H3. The fourth-order valence-corrected chi connectivity index (χ4v) is 13.0. The molecule has 0 aliphatic carbocycles. The Labute approximate surface area is 430 Å². The molecule has 2 aliphatic rings. The lowest BCUT2D eigenvalue weighted by atomic mass is 10.0. The van der Waals surface area contributed by atoms with E-state index in [2.05, 4.69) is 34.0 Å². The molecule has 19 heteroatoms. The number of benzene rings is 5. The van der Waals surface area contributed by atoms with E-state index in [4.69, 9.17) is 39.5 Å². The van der Waals surface area contributed by atoms with Crippen molar-refractivity contribution in [1.29, 1.82) is 0 Å². The van der Waals surface area contributed by atoms with Crippen LogP contribution >= 0.6 is 69.2 Å². The Morgan fingerprint density at radius 1 is 0.609 bits per heavy atom. The summed E-state index contributed by atoms with van der Waals surface area (Å²) in [7, 11) is -8.57. The Morgan fingerprint density at radius 2 is 1.19 bits per heavy atom. The molecular weight excluding hydrogens is 1040 g/mol. The van der Waals surface area contributed by atoms with Gasteiger partial charge in [-0.1, -0.05) is 132 Å². The van der Waals surface area contributed by atoms with Crippen LogP contribution in [0.3, 0.4) is 0 Å². The molecule has 362 valence electrons. The predicted octanol–water partition coefficient (Wildman–Crippen LogP) is 12.6. The van der Waals surface area contributed by atoms with E-state index in [9.17, 15) is 25.9 Å². The van der Waals surface area contributed by atoms with Gasteiger partial charge in [-0.25, -0.2) is 16.8 Å². The molecule has 2 aliphatic heterocycles. The van der Waals surface area contributed by atoms with Crippen LogP contribution in [-0.4, -0.2) is 50.5 Å². The van der Waals surface area contributed by atoms with Gasteiger partial charge >= 0.3 is 0 Å². The molecule has 0 saturated carbocycles. The van der Waals surface area contributed by atoms with Gasteiger partial charge in [-0.15, -0.1) is 0 Å². The minimum absolute atomic E-state index is 0.194. The lowest BCUT2D eigenvalue weighted by molar-refractivity contribution is -0.669. The third kappa shape index (κ3) is 12.8. The molecule has 11 nitrogen and oxygen atoms in total. The third-order valence-electron chi connectivity index (χ3n) is 11.4. The Hall–Kier alpha value is -4.20. The summed E-state index contributed by atoms with van der Waals surface area (Å²) >= 11 is 23.8. The average Bonchev–Trinajstić information content (AvgIpc) is 4.04. The van der Waals surface area contributed by atoms with Crippen LogP contribution in [0.2, 0.25) is 15.1 Å². The molecule has 0 unspecified atom stereocenters. The number of ether oxygens (including phenoxy) is 1. The number of thiazole rings is 2. The van der Waals surface area contributed by atoms with Crippen LogP contribution in [0.1, 0.15) is 62.4 Å². The van der Waals surface area contributed by atoms with E-state index in [1.165, 1.54) is 0 Å². The number of nitrogens with zero attached hydrogens (tertiary/aromatic N) is 4. The van der Waals surface area contributed by atoms with E-state index in [0.29, 0.717) is 39.8 Å². The highest BCUT2D eigenvalue weighted by Gasteiger charge is 2.31. The van der Waals surface area contributed by atoms with Gasteiger partial charge in [-0.3, -0.25) is 0 Å². The van der Waals surface area contributed by atoms with Gasteiger partial charge in [0.2, 0.25) is 16.9 Å². The highest BCUT2D eigenvalue weighted by molar-refractivity contribution is 8.04.